The third-order valence-electron chi connectivity index (χ3n) is 3.53. The number of anilines is 1. The van der Waals surface area contributed by atoms with E-state index in [1.807, 2.05) is 38.1 Å². The highest BCUT2D eigenvalue weighted by atomic mass is 32.2. The van der Waals surface area contributed by atoms with Crippen LogP contribution >= 0.6 is 11.8 Å². The van der Waals surface area contributed by atoms with Crippen LogP contribution in [-0.2, 0) is 11.2 Å². The molecule has 5 nitrogen and oxygen atoms in total. The van der Waals surface area contributed by atoms with Crippen molar-refractivity contribution in [2.24, 2.45) is 0 Å². The SMILES string of the molecule is CCc1nc(C)c(C(C)=O)c(SCC(=O)Nc2ccccc2C)n1. The van der Waals surface area contributed by atoms with Crippen molar-refractivity contribution >= 4 is 29.1 Å². The molecule has 6 heteroatoms. The normalized spacial score (nSPS) is 10.5. The van der Waals surface area contributed by atoms with Gasteiger partial charge in [0.2, 0.25) is 5.91 Å². The molecule has 1 N–H and O–H groups in total. The molecule has 0 radical (unpaired) electrons. The Morgan fingerprint density at radius 1 is 1.17 bits per heavy atom. The molecule has 0 aliphatic rings. The summed E-state index contributed by atoms with van der Waals surface area (Å²) < 4.78 is 0. The topological polar surface area (TPSA) is 72.0 Å². The van der Waals surface area contributed by atoms with Gasteiger partial charge in [0.1, 0.15) is 10.9 Å². The van der Waals surface area contributed by atoms with E-state index in [0.717, 1.165) is 11.3 Å². The van der Waals surface area contributed by atoms with Crippen LogP contribution in [0.4, 0.5) is 5.69 Å². The molecule has 24 heavy (non-hydrogen) atoms. The number of para-hydroxylation sites is 1. The van der Waals surface area contributed by atoms with Crippen LogP contribution in [0.3, 0.4) is 0 Å². The van der Waals surface area contributed by atoms with Crippen molar-refractivity contribution in [2.75, 3.05) is 11.1 Å². The zero-order valence-electron chi connectivity index (χ0n) is 14.3. The number of hydrogen-bond donors (Lipinski definition) is 1. The Labute approximate surface area is 146 Å². The van der Waals surface area contributed by atoms with Crippen LogP contribution in [0.1, 0.15) is 41.3 Å². The molecule has 0 spiro atoms. The number of nitrogens with zero attached hydrogens (tertiary/aromatic N) is 2. The molecule has 1 aromatic heterocycles. The minimum atomic E-state index is -0.127. The number of amides is 1. The zero-order valence-corrected chi connectivity index (χ0v) is 15.2. The summed E-state index contributed by atoms with van der Waals surface area (Å²) in [6.45, 7) is 7.20. The fourth-order valence-corrected chi connectivity index (χ4v) is 3.25. The third kappa shape index (κ3) is 4.41. The quantitative estimate of drug-likeness (QED) is 0.493. The molecule has 0 atom stereocenters. The molecule has 0 saturated heterocycles. The van der Waals surface area contributed by atoms with Crippen LogP contribution in [0.25, 0.3) is 0 Å². The highest BCUT2D eigenvalue weighted by Crippen LogP contribution is 2.24. The van der Waals surface area contributed by atoms with Gasteiger partial charge < -0.3 is 5.32 Å². The summed E-state index contributed by atoms with van der Waals surface area (Å²) in [6, 6.07) is 7.61. The molecular formula is C18H21N3O2S. The number of Topliss-reactive ketones (excluding diaryl/α,β-unsaturated/α-hetero) is 1. The number of benzene rings is 1. The van der Waals surface area contributed by atoms with E-state index in [9.17, 15) is 9.59 Å². The first-order valence-electron chi connectivity index (χ1n) is 7.79. The number of carbonyl (C=O) groups excluding carboxylic acids is 2. The van der Waals surface area contributed by atoms with E-state index < -0.39 is 0 Å². The molecule has 126 valence electrons. The lowest BCUT2D eigenvalue weighted by atomic mass is 10.2. The van der Waals surface area contributed by atoms with Gasteiger partial charge in [-0.1, -0.05) is 36.9 Å². The highest BCUT2D eigenvalue weighted by molar-refractivity contribution is 8.00. The molecule has 0 aliphatic carbocycles. The van der Waals surface area contributed by atoms with Crippen molar-refractivity contribution in [3.05, 3.63) is 46.9 Å². The summed E-state index contributed by atoms with van der Waals surface area (Å²) in [5.41, 5.74) is 2.96. The fraction of sp³-hybridized carbons (Fsp3) is 0.333. The second kappa shape index (κ2) is 8.06. The van der Waals surface area contributed by atoms with E-state index in [-0.39, 0.29) is 17.4 Å². The van der Waals surface area contributed by atoms with E-state index >= 15 is 0 Å². The van der Waals surface area contributed by atoms with Crippen LogP contribution in [0, 0.1) is 13.8 Å². The standard InChI is InChI=1S/C18H21N3O2S/c1-5-15-19-12(3)17(13(4)22)18(21-15)24-10-16(23)20-14-9-7-6-8-11(14)2/h6-9H,5,10H2,1-4H3,(H,20,23). The average Bonchev–Trinajstić information content (AvgIpc) is 2.54. The molecule has 0 bridgehead atoms. The van der Waals surface area contributed by atoms with Crippen molar-refractivity contribution < 1.29 is 9.59 Å². The third-order valence-corrected chi connectivity index (χ3v) is 4.51. The Morgan fingerprint density at radius 3 is 2.50 bits per heavy atom. The number of aromatic nitrogens is 2. The van der Waals surface area contributed by atoms with Crippen molar-refractivity contribution in [3.63, 3.8) is 0 Å². The number of thioether (sulfide) groups is 1. The van der Waals surface area contributed by atoms with Gasteiger partial charge in [0, 0.05) is 12.1 Å². The van der Waals surface area contributed by atoms with E-state index in [1.165, 1.54) is 18.7 Å². The van der Waals surface area contributed by atoms with E-state index in [4.69, 9.17) is 0 Å². The molecule has 2 aromatic rings. The smallest absolute Gasteiger partial charge is 0.234 e. The largest absolute Gasteiger partial charge is 0.325 e. The Morgan fingerprint density at radius 2 is 1.88 bits per heavy atom. The Hall–Kier alpha value is -2.21. The second-order valence-corrected chi connectivity index (χ2v) is 6.43. The van der Waals surface area contributed by atoms with Crippen LogP contribution in [-0.4, -0.2) is 27.4 Å². The second-order valence-electron chi connectivity index (χ2n) is 5.47. The van der Waals surface area contributed by atoms with Gasteiger partial charge in [-0.15, -0.1) is 0 Å². The van der Waals surface area contributed by atoms with Gasteiger partial charge in [-0.25, -0.2) is 9.97 Å². The molecule has 0 unspecified atom stereocenters. The summed E-state index contributed by atoms with van der Waals surface area (Å²) in [5.74, 6) is 0.656. The van der Waals surface area contributed by atoms with Crippen LogP contribution < -0.4 is 5.32 Å². The first-order valence-corrected chi connectivity index (χ1v) is 8.77. The summed E-state index contributed by atoms with van der Waals surface area (Å²) in [4.78, 5) is 32.8. The average molecular weight is 343 g/mol. The Kier molecular flexibility index (Phi) is 6.09. The van der Waals surface area contributed by atoms with Gasteiger partial charge >= 0.3 is 0 Å². The summed E-state index contributed by atoms with van der Waals surface area (Å²) in [7, 11) is 0. The number of hydrogen-bond acceptors (Lipinski definition) is 5. The van der Waals surface area contributed by atoms with Gasteiger partial charge in [0.15, 0.2) is 5.78 Å². The fourth-order valence-electron chi connectivity index (χ4n) is 2.30. The summed E-state index contributed by atoms with van der Waals surface area (Å²) in [6.07, 6.45) is 0.683. The number of aryl methyl sites for hydroxylation is 3. The van der Waals surface area contributed by atoms with Gasteiger partial charge in [0.25, 0.3) is 0 Å². The molecule has 0 saturated carbocycles. The van der Waals surface area contributed by atoms with E-state index in [0.29, 0.717) is 28.5 Å². The summed E-state index contributed by atoms with van der Waals surface area (Å²) in [5, 5.41) is 3.46. The Balaban J connectivity index is 2.13. The number of rotatable bonds is 6. The van der Waals surface area contributed by atoms with Gasteiger partial charge in [-0.3, -0.25) is 9.59 Å². The van der Waals surface area contributed by atoms with Crippen molar-refractivity contribution in [3.8, 4) is 0 Å². The van der Waals surface area contributed by atoms with Gasteiger partial charge in [-0.05, 0) is 32.4 Å². The monoisotopic (exact) mass is 343 g/mol. The molecule has 0 fully saturated rings. The predicted octanol–water partition coefficient (Wildman–Crippen LogP) is 3.59. The first kappa shape index (κ1) is 18.1. The van der Waals surface area contributed by atoms with Crippen molar-refractivity contribution in [2.45, 2.75) is 39.1 Å². The van der Waals surface area contributed by atoms with E-state index in [1.54, 1.807) is 6.92 Å². The lowest BCUT2D eigenvalue weighted by Crippen LogP contribution is -2.16. The maximum atomic E-state index is 12.2. The number of ketones is 1. The minimum Gasteiger partial charge on any atom is -0.325 e. The van der Waals surface area contributed by atoms with Gasteiger partial charge in [0.05, 0.1) is 17.0 Å². The molecule has 1 amide bonds. The summed E-state index contributed by atoms with van der Waals surface area (Å²) >= 11 is 1.27. The molecule has 0 aliphatic heterocycles. The van der Waals surface area contributed by atoms with Gasteiger partial charge in [-0.2, -0.15) is 0 Å². The lowest BCUT2D eigenvalue weighted by molar-refractivity contribution is -0.113. The molecule has 1 aromatic carbocycles. The van der Waals surface area contributed by atoms with Crippen LogP contribution in [0.15, 0.2) is 29.3 Å². The zero-order chi connectivity index (χ0) is 17.7. The molecular weight excluding hydrogens is 322 g/mol. The first-order chi connectivity index (χ1) is 11.4. The maximum Gasteiger partial charge on any atom is 0.234 e. The minimum absolute atomic E-state index is 0.0861. The number of carbonyl (C=O) groups is 2. The van der Waals surface area contributed by atoms with Crippen LogP contribution in [0.5, 0.6) is 0 Å². The van der Waals surface area contributed by atoms with Crippen molar-refractivity contribution in [1.29, 1.82) is 0 Å². The molecule has 1 heterocycles. The number of nitrogens with one attached hydrogen (secondary N) is 1. The van der Waals surface area contributed by atoms with Crippen LogP contribution in [0.2, 0.25) is 0 Å². The predicted molar refractivity (Wildman–Crippen MR) is 96.7 cm³/mol. The highest BCUT2D eigenvalue weighted by Gasteiger charge is 2.17. The molecule has 2 rings (SSSR count). The van der Waals surface area contributed by atoms with E-state index in [2.05, 4.69) is 15.3 Å². The van der Waals surface area contributed by atoms with Crippen molar-refractivity contribution in [1.82, 2.24) is 9.97 Å². The lowest BCUT2D eigenvalue weighted by Gasteiger charge is -2.11. The maximum absolute atomic E-state index is 12.2. The Bertz CT molecular complexity index is 775.